The van der Waals surface area contributed by atoms with Gasteiger partial charge < -0.3 is 14.0 Å². The number of carbonyl (C=O) groups is 1. The number of aryl methyl sites for hydroxylation is 2. The van der Waals surface area contributed by atoms with Crippen LogP contribution in [-0.2, 0) is 7.05 Å². The largest absolute Gasteiger partial charge is 0.442 e. The molecular formula is C16H12N4O3S. The summed E-state index contributed by atoms with van der Waals surface area (Å²) in [5.41, 5.74) is 0.853. The molecule has 8 heteroatoms. The van der Waals surface area contributed by atoms with Crippen molar-refractivity contribution in [3.63, 3.8) is 0 Å². The standard InChI is InChI=1S/C16H12N4O3S/c1-8-11(12-13(21)17-7-18-15(12)23-8)14(22)19-16-20(2)9-5-3-4-6-10(9)24-16/h3-7H,1-2H3,(H,17,18,21). The Morgan fingerprint density at radius 2 is 2.17 bits per heavy atom. The zero-order valence-corrected chi connectivity index (χ0v) is 13.7. The third-order valence-corrected chi connectivity index (χ3v) is 4.91. The van der Waals surface area contributed by atoms with Crippen molar-refractivity contribution in [1.29, 1.82) is 0 Å². The van der Waals surface area contributed by atoms with Crippen LogP contribution in [-0.4, -0.2) is 20.4 Å². The number of para-hydroxylation sites is 1. The molecule has 0 aliphatic carbocycles. The lowest BCUT2D eigenvalue weighted by Crippen LogP contribution is -2.15. The summed E-state index contributed by atoms with van der Waals surface area (Å²) in [6, 6.07) is 7.79. The maximum absolute atomic E-state index is 12.7. The van der Waals surface area contributed by atoms with Crippen LogP contribution in [0.3, 0.4) is 0 Å². The van der Waals surface area contributed by atoms with Gasteiger partial charge in [-0.1, -0.05) is 23.5 Å². The van der Waals surface area contributed by atoms with E-state index in [2.05, 4.69) is 15.0 Å². The van der Waals surface area contributed by atoms with E-state index < -0.39 is 11.5 Å². The minimum Gasteiger partial charge on any atom is -0.442 e. The molecule has 7 nitrogen and oxygen atoms in total. The quantitative estimate of drug-likeness (QED) is 0.574. The van der Waals surface area contributed by atoms with Gasteiger partial charge in [0.1, 0.15) is 11.1 Å². The van der Waals surface area contributed by atoms with Crippen molar-refractivity contribution in [1.82, 2.24) is 14.5 Å². The topological polar surface area (TPSA) is 93.2 Å². The molecule has 1 N–H and O–H groups in total. The first-order valence-corrected chi connectivity index (χ1v) is 7.98. The van der Waals surface area contributed by atoms with Gasteiger partial charge in [0.25, 0.3) is 11.5 Å². The zero-order valence-electron chi connectivity index (χ0n) is 12.9. The molecule has 0 aliphatic rings. The molecule has 0 spiro atoms. The van der Waals surface area contributed by atoms with Crippen LogP contribution in [0.15, 0.2) is 44.8 Å². The van der Waals surface area contributed by atoms with Crippen molar-refractivity contribution in [2.75, 3.05) is 0 Å². The molecule has 3 aromatic heterocycles. The highest BCUT2D eigenvalue weighted by molar-refractivity contribution is 7.16. The van der Waals surface area contributed by atoms with Gasteiger partial charge in [0.2, 0.25) is 5.71 Å². The molecule has 0 fully saturated rings. The van der Waals surface area contributed by atoms with E-state index >= 15 is 0 Å². The molecular weight excluding hydrogens is 328 g/mol. The summed E-state index contributed by atoms with van der Waals surface area (Å²) in [5.74, 6) is -0.196. The first-order valence-electron chi connectivity index (χ1n) is 7.16. The van der Waals surface area contributed by atoms with Crippen LogP contribution in [0.2, 0.25) is 0 Å². The molecule has 0 aliphatic heterocycles. The molecule has 0 radical (unpaired) electrons. The number of H-pyrrole nitrogens is 1. The number of rotatable bonds is 1. The van der Waals surface area contributed by atoms with E-state index in [-0.39, 0.29) is 16.7 Å². The van der Waals surface area contributed by atoms with Gasteiger partial charge in [0, 0.05) is 7.05 Å². The predicted octanol–water partition coefficient (Wildman–Crippen LogP) is 2.12. The molecule has 120 valence electrons. The molecule has 3 heterocycles. The van der Waals surface area contributed by atoms with Crippen molar-refractivity contribution >= 4 is 38.6 Å². The van der Waals surface area contributed by atoms with E-state index in [0.717, 1.165) is 10.2 Å². The van der Waals surface area contributed by atoms with Crippen LogP contribution in [0.4, 0.5) is 0 Å². The molecule has 0 bridgehead atoms. The first-order chi connectivity index (χ1) is 11.6. The fourth-order valence-corrected chi connectivity index (χ4v) is 3.66. The highest BCUT2D eigenvalue weighted by atomic mass is 32.1. The summed E-state index contributed by atoms with van der Waals surface area (Å²) in [6.07, 6.45) is 1.24. The number of hydrogen-bond donors (Lipinski definition) is 1. The highest BCUT2D eigenvalue weighted by Gasteiger charge is 2.21. The Morgan fingerprint density at radius 1 is 1.38 bits per heavy atom. The number of aromatic nitrogens is 3. The summed E-state index contributed by atoms with van der Waals surface area (Å²) in [4.78, 5) is 35.8. The van der Waals surface area contributed by atoms with E-state index in [1.807, 2.05) is 35.9 Å². The first kappa shape index (κ1) is 14.6. The van der Waals surface area contributed by atoms with Gasteiger partial charge in [0.05, 0.1) is 22.1 Å². The number of fused-ring (bicyclic) bond motifs is 2. The Balaban J connectivity index is 1.95. The number of aromatic amines is 1. The third kappa shape index (κ3) is 2.11. The number of furan rings is 1. The van der Waals surface area contributed by atoms with Crippen LogP contribution in [0.1, 0.15) is 16.1 Å². The van der Waals surface area contributed by atoms with Crippen LogP contribution in [0.25, 0.3) is 21.3 Å². The summed E-state index contributed by atoms with van der Waals surface area (Å²) in [7, 11) is 1.85. The molecule has 0 unspecified atom stereocenters. The van der Waals surface area contributed by atoms with E-state index in [0.29, 0.717) is 10.6 Å². The van der Waals surface area contributed by atoms with Crippen molar-refractivity contribution in [3.05, 3.63) is 57.1 Å². The van der Waals surface area contributed by atoms with Gasteiger partial charge in [0.15, 0.2) is 4.80 Å². The molecule has 0 saturated carbocycles. The average molecular weight is 340 g/mol. The van der Waals surface area contributed by atoms with Gasteiger partial charge in [-0.3, -0.25) is 9.59 Å². The molecule has 4 aromatic rings. The maximum atomic E-state index is 12.7. The van der Waals surface area contributed by atoms with Gasteiger partial charge >= 0.3 is 0 Å². The normalized spacial score (nSPS) is 12.3. The molecule has 1 aromatic carbocycles. The van der Waals surface area contributed by atoms with Crippen molar-refractivity contribution in [2.45, 2.75) is 6.92 Å². The number of carbonyl (C=O) groups excluding carboxylic acids is 1. The van der Waals surface area contributed by atoms with Crippen molar-refractivity contribution in [3.8, 4) is 0 Å². The Labute approximate surface area is 138 Å². The number of nitrogens with zero attached hydrogens (tertiary/aromatic N) is 3. The van der Waals surface area contributed by atoms with Gasteiger partial charge in [-0.15, -0.1) is 0 Å². The van der Waals surface area contributed by atoms with Crippen LogP contribution >= 0.6 is 11.3 Å². The Morgan fingerprint density at radius 3 is 2.96 bits per heavy atom. The summed E-state index contributed by atoms with van der Waals surface area (Å²) in [6.45, 7) is 1.62. The lowest BCUT2D eigenvalue weighted by Gasteiger charge is -1.95. The van der Waals surface area contributed by atoms with E-state index in [1.54, 1.807) is 6.92 Å². The number of hydrogen-bond acceptors (Lipinski definition) is 5. The fourth-order valence-electron chi connectivity index (χ4n) is 2.64. The third-order valence-electron chi connectivity index (χ3n) is 3.80. The van der Waals surface area contributed by atoms with Crippen molar-refractivity contribution < 1.29 is 9.21 Å². The lowest BCUT2D eigenvalue weighted by molar-refractivity contribution is 0.0998. The highest BCUT2D eigenvalue weighted by Crippen LogP contribution is 2.21. The number of nitrogens with one attached hydrogen (secondary N) is 1. The SMILES string of the molecule is Cc1oc2nc[nH]c(=O)c2c1C(=O)N=c1sc2ccccc2n1C. The van der Waals surface area contributed by atoms with E-state index in [4.69, 9.17) is 4.42 Å². The Hall–Kier alpha value is -3.00. The number of thiazole rings is 1. The van der Waals surface area contributed by atoms with Crippen LogP contribution in [0.5, 0.6) is 0 Å². The number of benzene rings is 1. The minimum atomic E-state index is -0.521. The van der Waals surface area contributed by atoms with Crippen LogP contribution < -0.4 is 10.4 Å². The minimum absolute atomic E-state index is 0.132. The second-order valence-corrected chi connectivity index (χ2v) is 6.28. The maximum Gasteiger partial charge on any atom is 0.284 e. The summed E-state index contributed by atoms with van der Waals surface area (Å²) >= 11 is 1.41. The zero-order chi connectivity index (χ0) is 16.8. The molecule has 0 atom stereocenters. The molecule has 24 heavy (non-hydrogen) atoms. The van der Waals surface area contributed by atoms with Crippen LogP contribution in [0, 0.1) is 6.92 Å². The van der Waals surface area contributed by atoms with Crippen molar-refractivity contribution in [2.24, 2.45) is 12.0 Å². The van der Waals surface area contributed by atoms with Gasteiger partial charge in [-0.05, 0) is 19.1 Å². The molecule has 4 rings (SSSR count). The second kappa shape index (κ2) is 5.27. The molecule has 1 amide bonds. The number of amides is 1. The van der Waals surface area contributed by atoms with E-state index in [1.165, 1.54) is 17.7 Å². The average Bonchev–Trinajstić information content (AvgIpc) is 3.06. The lowest BCUT2D eigenvalue weighted by atomic mass is 10.2. The summed E-state index contributed by atoms with van der Waals surface area (Å²) in [5, 5.41) is 0.132. The fraction of sp³-hybridized carbons (Fsp3) is 0.125. The monoisotopic (exact) mass is 340 g/mol. The second-order valence-electron chi connectivity index (χ2n) is 5.27. The van der Waals surface area contributed by atoms with Gasteiger partial charge in [-0.2, -0.15) is 4.99 Å². The van der Waals surface area contributed by atoms with Gasteiger partial charge in [-0.25, -0.2) is 4.98 Å². The molecule has 0 saturated heterocycles. The smallest absolute Gasteiger partial charge is 0.284 e. The summed E-state index contributed by atoms with van der Waals surface area (Å²) < 4.78 is 8.29. The predicted molar refractivity (Wildman–Crippen MR) is 90.1 cm³/mol. The van der Waals surface area contributed by atoms with E-state index in [9.17, 15) is 9.59 Å². The Bertz CT molecular complexity index is 1230. The Kier molecular flexibility index (Phi) is 3.20.